The quantitative estimate of drug-likeness (QED) is 0.172. The minimum Gasteiger partial charge on any atom is -0.311 e. The van der Waals surface area contributed by atoms with Gasteiger partial charge >= 0.3 is 0 Å². The first-order chi connectivity index (χ1) is 26.3. The van der Waals surface area contributed by atoms with Crippen molar-refractivity contribution in [3.8, 4) is 22.3 Å². The van der Waals surface area contributed by atoms with Crippen molar-refractivity contribution < 1.29 is 0 Å². The molecule has 0 unspecified atom stereocenters. The maximum atomic E-state index is 2.53. The van der Waals surface area contributed by atoms with Crippen LogP contribution in [0.25, 0.3) is 43.8 Å². The molecular formula is C50H33BN2. The number of fused-ring (bicyclic) bond motifs is 8. The zero-order valence-electron chi connectivity index (χ0n) is 29.0. The molecular weight excluding hydrogens is 639 g/mol. The summed E-state index contributed by atoms with van der Waals surface area (Å²) in [6.45, 7) is 0.0358. The Kier molecular flexibility index (Phi) is 6.68. The Morgan fingerprint density at radius 1 is 0.321 bits per heavy atom. The summed E-state index contributed by atoms with van der Waals surface area (Å²) in [6.07, 6.45) is 0. The van der Waals surface area contributed by atoms with Crippen LogP contribution >= 0.6 is 0 Å². The molecule has 11 rings (SSSR count). The number of nitrogens with zero attached hydrogens (tertiary/aromatic N) is 2. The smallest absolute Gasteiger partial charge is 0.252 e. The second-order valence-corrected chi connectivity index (χ2v) is 14.1. The summed E-state index contributed by atoms with van der Waals surface area (Å²) in [5.41, 5.74) is 16.0. The molecule has 2 aliphatic heterocycles. The van der Waals surface area contributed by atoms with Crippen LogP contribution in [-0.4, -0.2) is 6.71 Å². The first kappa shape index (κ1) is 29.9. The lowest BCUT2D eigenvalue weighted by molar-refractivity contribution is 1.27. The Hall–Kier alpha value is -6.84. The number of hydrogen-bond acceptors (Lipinski definition) is 2. The summed E-state index contributed by atoms with van der Waals surface area (Å²) in [4.78, 5) is 5.06. The standard InChI is InChI=1S/C50H33BN2/c1-4-14-34(15-5-1)35-24-26-36(27-25-35)39-32-46-48-47(33-39)53(41-20-8-3-9-21-41)50-43-23-13-11-17-38(43)29-31-45(50)51(48)44-30-28-37-16-10-12-22-42(37)49(44)52(46)40-18-6-2-7-19-40/h1-33H. The Bertz CT molecular complexity index is 2680. The van der Waals surface area contributed by atoms with Crippen LogP contribution in [0.2, 0.25) is 0 Å². The average Bonchev–Trinajstić information content (AvgIpc) is 3.24. The lowest BCUT2D eigenvalue weighted by Crippen LogP contribution is -2.61. The van der Waals surface area contributed by atoms with Gasteiger partial charge in [0.1, 0.15) is 0 Å². The third-order valence-corrected chi connectivity index (χ3v) is 11.2. The van der Waals surface area contributed by atoms with E-state index in [1.807, 2.05) is 0 Å². The Balaban J connectivity index is 1.27. The van der Waals surface area contributed by atoms with Gasteiger partial charge in [-0.25, -0.2) is 0 Å². The molecule has 0 amide bonds. The van der Waals surface area contributed by atoms with Crippen molar-refractivity contribution in [2.75, 3.05) is 9.80 Å². The molecule has 0 atom stereocenters. The molecule has 2 heterocycles. The average molecular weight is 673 g/mol. The molecule has 3 heteroatoms. The van der Waals surface area contributed by atoms with Gasteiger partial charge in [0.05, 0.1) is 0 Å². The third-order valence-electron chi connectivity index (χ3n) is 11.2. The number of benzene rings is 9. The van der Waals surface area contributed by atoms with Crippen molar-refractivity contribution in [3.63, 3.8) is 0 Å². The molecule has 0 spiro atoms. The van der Waals surface area contributed by atoms with Gasteiger partial charge in [0.2, 0.25) is 0 Å². The second kappa shape index (κ2) is 11.9. The van der Waals surface area contributed by atoms with Gasteiger partial charge < -0.3 is 9.80 Å². The molecule has 0 aromatic heterocycles. The highest BCUT2D eigenvalue weighted by molar-refractivity contribution is 7.00. The number of para-hydroxylation sites is 2. The van der Waals surface area contributed by atoms with E-state index in [1.165, 1.54) is 82.9 Å². The molecule has 0 fully saturated rings. The van der Waals surface area contributed by atoms with Gasteiger partial charge in [0.25, 0.3) is 6.71 Å². The van der Waals surface area contributed by atoms with Crippen LogP contribution < -0.4 is 26.2 Å². The van der Waals surface area contributed by atoms with E-state index in [0.29, 0.717) is 0 Å². The van der Waals surface area contributed by atoms with E-state index in [4.69, 9.17) is 0 Å². The normalized spacial score (nSPS) is 12.8. The lowest BCUT2D eigenvalue weighted by Gasteiger charge is -2.45. The molecule has 2 aliphatic rings. The summed E-state index contributed by atoms with van der Waals surface area (Å²) in [5.74, 6) is 0. The lowest BCUT2D eigenvalue weighted by atomic mass is 9.33. The molecule has 9 aromatic carbocycles. The van der Waals surface area contributed by atoms with E-state index in [-0.39, 0.29) is 6.71 Å². The minimum absolute atomic E-state index is 0.0358. The SMILES string of the molecule is c1ccc(-c2ccc(-c3cc4c5c(c3)N(c3ccccc3)c3c(ccc6ccccc36)B5c3ccc5ccccc5c3N4c3ccccc3)cc2)cc1. The van der Waals surface area contributed by atoms with E-state index < -0.39 is 0 Å². The summed E-state index contributed by atoms with van der Waals surface area (Å²) in [7, 11) is 0. The van der Waals surface area contributed by atoms with Crippen LogP contribution in [0.5, 0.6) is 0 Å². The molecule has 0 saturated heterocycles. The van der Waals surface area contributed by atoms with Gasteiger partial charge in [0.15, 0.2) is 0 Å². The molecule has 0 radical (unpaired) electrons. The number of hydrogen-bond donors (Lipinski definition) is 0. The number of anilines is 6. The molecule has 0 saturated carbocycles. The van der Waals surface area contributed by atoms with E-state index in [2.05, 4.69) is 210 Å². The molecule has 2 nitrogen and oxygen atoms in total. The molecule has 0 N–H and O–H groups in total. The van der Waals surface area contributed by atoms with Gasteiger partial charge in [-0.05, 0) is 85.8 Å². The Morgan fingerprint density at radius 2 is 0.717 bits per heavy atom. The van der Waals surface area contributed by atoms with Crippen LogP contribution in [0.1, 0.15) is 0 Å². The van der Waals surface area contributed by atoms with E-state index in [0.717, 1.165) is 11.4 Å². The topological polar surface area (TPSA) is 6.48 Å². The maximum absolute atomic E-state index is 2.53. The van der Waals surface area contributed by atoms with Gasteiger partial charge in [-0.1, -0.05) is 164 Å². The first-order valence-corrected chi connectivity index (χ1v) is 18.4. The summed E-state index contributed by atoms with van der Waals surface area (Å²) in [6, 6.07) is 73.6. The van der Waals surface area contributed by atoms with E-state index in [9.17, 15) is 0 Å². The second-order valence-electron chi connectivity index (χ2n) is 14.1. The van der Waals surface area contributed by atoms with Gasteiger partial charge in [-0.2, -0.15) is 0 Å². The van der Waals surface area contributed by atoms with Crippen molar-refractivity contribution in [1.82, 2.24) is 0 Å². The van der Waals surface area contributed by atoms with Gasteiger partial charge in [-0.3, -0.25) is 0 Å². The summed E-state index contributed by atoms with van der Waals surface area (Å²) < 4.78 is 0. The summed E-state index contributed by atoms with van der Waals surface area (Å²) >= 11 is 0. The highest BCUT2D eigenvalue weighted by Gasteiger charge is 2.44. The Morgan fingerprint density at radius 3 is 1.21 bits per heavy atom. The zero-order chi connectivity index (χ0) is 34.9. The molecule has 246 valence electrons. The molecule has 0 bridgehead atoms. The highest BCUT2D eigenvalue weighted by Crippen LogP contribution is 2.48. The minimum atomic E-state index is 0.0358. The predicted molar refractivity (Wildman–Crippen MR) is 226 cm³/mol. The molecule has 0 aliphatic carbocycles. The fraction of sp³-hybridized carbons (Fsp3) is 0. The van der Waals surface area contributed by atoms with Crippen LogP contribution in [0.15, 0.2) is 200 Å². The largest absolute Gasteiger partial charge is 0.311 e. The fourth-order valence-electron chi connectivity index (χ4n) is 8.86. The van der Waals surface area contributed by atoms with Crippen molar-refractivity contribution in [2.45, 2.75) is 0 Å². The van der Waals surface area contributed by atoms with Crippen LogP contribution in [0.4, 0.5) is 34.1 Å². The maximum Gasteiger partial charge on any atom is 0.252 e. The monoisotopic (exact) mass is 672 g/mol. The fourth-order valence-corrected chi connectivity index (χ4v) is 8.86. The van der Waals surface area contributed by atoms with E-state index in [1.54, 1.807) is 0 Å². The highest BCUT2D eigenvalue weighted by atomic mass is 15.2. The van der Waals surface area contributed by atoms with Crippen molar-refractivity contribution in [1.29, 1.82) is 0 Å². The van der Waals surface area contributed by atoms with E-state index >= 15 is 0 Å². The molecule has 53 heavy (non-hydrogen) atoms. The molecule has 9 aromatic rings. The third kappa shape index (κ3) is 4.61. The Labute approximate surface area is 309 Å². The van der Waals surface area contributed by atoms with Crippen molar-refractivity contribution in [2.24, 2.45) is 0 Å². The van der Waals surface area contributed by atoms with Crippen molar-refractivity contribution in [3.05, 3.63) is 200 Å². The van der Waals surface area contributed by atoms with Crippen LogP contribution in [0.3, 0.4) is 0 Å². The van der Waals surface area contributed by atoms with Crippen molar-refractivity contribution >= 4 is 78.8 Å². The predicted octanol–water partition coefficient (Wildman–Crippen LogP) is 11.4. The van der Waals surface area contributed by atoms with Crippen LogP contribution in [0, 0.1) is 0 Å². The summed E-state index contributed by atoms with van der Waals surface area (Å²) in [5, 5.41) is 4.99. The number of rotatable bonds is 4. The van der Waals surface area contributed by atoms with Gasteiger partial charge in [-0.15, -0.1) is 0 Å². The first-order valence-electron chi connectivity index (χ1n) is 18.4. The van der Waals surface area contributed by atoms with Crippen LogP contribution in [-0.2, 0) is 0 Å². The van der Waals surface area contributed by atoms with Gasteiger partial charge in [0, 0.05) is 44.9 Å². The zero-order valence-corrected chi connectivity index (χ0v) is 29.0.